The quantitative estimate of drug-likeness (QED) is 0.468. The van der Waals surface area contributed by atoms with Gasteiger partial charge in [0.05, 0.1) is 16.7 Å². The van der Waals surface area contributed by atoms with E-state index in [4.69, 9.17) is 10.5 Å². The fraction of sp³-hybridized carbons (Fsp3) is 0.222. The summed E-state index contributed by atoms with van der Waals surface area (Å²) < 4.78 is 7.17. The Kier molecular flexibility index (Phi) is 4.58. The van der Waals surface area contributed by atoms with E-state index in [0.717, 1.165) is 18.7 Å². The predicted molar refractivity (Wildman–Crippen MR) is 73.3 cm³/mol. The van der Waals surface area contributed by atoms with Crippen molar-refractivity contribution in [3.8, 4) is 5.75 Å². The number of methoxy groups -OCH3 is 1. The van der Waals surface area contributed by atoms with E-state index in [1.807, 2.05) is 6.07 Å². The smallest absolute Gasteiger partial charge is 0.155 e. The average Bonchev–Trinajstić information content (AvgIpc) is 2.15. The molecule has 0 saturated heterocycles. The molecule has 1 heterocycles. The summed E-state index contributed by atoms with van der Waals surface area (Å²) in [5, 5.41) is 0. The second-order valence-corrected chi connectivity index (χ2v) is 4.87. The number of hydrogen-bond donors (Lipinski definition) is 1. The molecule has 0 fully saturated rings. The van der Waals surface area contributed by atoms with Gasteiger partial charge in [-0.15, -0.1) is 6.58 Å². The lowest BCUT2D eigenvalue weighted by molar-refractivity contribution is 0.401. The minimum atomic E-state index is -0.284. The van der Waals surface area contributed by atoms with E-state index in [2.05, 4.69) is 56.7 Å². The number of nitrogens with two attached hydrogens (primary N) is 1. The lowest BCUT2D eigenvalue weighted by Gasteiger charge is -2.13. The largest absolute Gasteiger partial charge is 0.494 e. The van der Waals surface area contributed by atoms with Crippen LogP contribution in [0.5, 0.6) is 5.75 Å². The van der Waals surface area contributed by atoms with Crippen LogP contribution >= 0.6 is 45.2 Å². The second kappa shape index (κ2) is 5.26. The van der Waals surface area contributed by atoms with E-state index in [-0.39, 0.29) is 6.04 Å². The maximum Gasteiger partial charge on any atom is 0.155 e. The molecule has 0 aliphatic carbocycles. The molecule has 5 heteroatoms. The van der Waals surface area contributed by atoms with E-state index in [1.165, 1.54) is 0 Å². The van der Waals surface area contributed by atoms with Gasteiger partial charge in [0, 0.05) is 0 Å². The first-order valence-corrected chi connectivity index (χ1v) is 6.04. The number of halogens is 2. The molecule has 1 rings (SSSR count). The Morgan fingerprint density at radius 3 is 2.79 bits per heavy atom. The molecule has 0 aromatic carbocycles. The van der Waals surface area contributed by atoms with Crippen LogP contribution < -0.4 is 10.5 Å². The zero-order valence-corrected chi connectivity index (χ0v) is 11.9. The Bertz CT molecular complexity index is 355. The minimum absolute atomic E-state index is 0.284. The Morgan fingerprint density at radius 1 is 1.64 bits per heavy atom. The Morgan fingerprint density at radius 2 is 2.29 bits per heavy atom. The molecule has 0 radical (unpaired) electrons. The first kappa shape index (κ1) is 12.2. The van der Waals surface area contributed by atoms with Gasteiger partial charge in [-0.3, -0.25) is 0 Å². The van der Waals surface area contributed by atoms with Gasteiger partial charge in [-0.2, -0.15) is 0 Å². The van der Waals surface area contributed by atoms with Gasteiger partial charge in [0.25, 0.3) is 0 Å². The normalized spacial score (nSPS) is 12.3. The lowest BCUT2D eigenvalue weighted by Crippen LogP contribution is -2.12. The Hall–Kier alpha value is 0.110. The van der Waals surface area contributed by atoms with Gasteiger partial charge in [-0.1, -0.05) is 6.08 Å². The molecular formula is C9H10I2N2O. The molecule has 1 atom stereocenters. The lowest BCUT2D eigenvalue weighted by atomic mass is 10.2. The van der Waals surface area contributed by atoms with Gasteiger partial charge >= 0.3 is 0 Å². The molecule has 3 nitrogen and oxygen atoms in total. The van der Waals surface area contributed by atoms with E-state index >= 15 is 0 Å². The number of ether oxygens (including phenoxy) is 1. The maximum atomic E-state index is 5.84. The highest BCUT2D eigenvalue weighted by atomic mass is 127. The highest BCUT2D eigenvalue weighted by Gasteiger charge is 2.14. The highest BCUT2D eigenvalue weighted by molar-refractivity contribution is 14.1. The number of aromatic nitrogens is 1. The van der Waals surface area contributed by atoms with Crippen molar-refractivity contribution < 1.29 is 4.74 Å². The summed E-state index contributed by atoms with van der Waals surface area (Å²) in [6, 6.07) is 1.66. The van der Waals surface area contributed by atoms with Crippen molar-refractivity contribution in [1.29, 1.82) is 0 Å². The third kappa shape index (κ3) is 2.57. The topological polar surface area (TPSA) is 48.1 Å². The summed E-state index contributed by atoms with van der Waals surface area (Å²) in [5.74, 6) is 0.735. The number of pyridine rings is 1. The highest BCUT2D eigenvalue weighted by Crippen LogP contribution is 2.29. The average molecular weight is 416 g/mol. The van der Waals surface area contributed by atoms with E-state index in [0.29, 0.717) is 0 Å². The number of rotatable bonds is 3. The van der Waals surface area contributed by atoms with Crippen molar-refractivity contribution in [1.82, 2.24) is 4.98 Å². The molecule has 0 aliphatic heterocycles. The molecule has 76 valence electrons. The SMILES string of the molecule is C=C[C@H](N)c1nc(I)cc(I)c1OC. The summed E-state index contributed by atoms with van der Waals surface area (Å²) in [6.45, 7) is 3.65. The van der Waals surface area contributed by atoms with Crippen LogP contribution in [-0.2, 0) is 0 Å². The number of hydrogen-bond acceptors (Lipinski definition) is 3. The Labute approximate surface area is 110 Å². The van der Waals surface area contributed by atoms with Crippen LogP contribution in [0.2, 0.25) is 0 Å². The van der Waals surface area contributed by atoms with Gasteiger partial charge in [0.1, 0.15) is 9.39 Å². The van der Waals surface area contributed by atoms with Crippen molar-refractivity contribution in [2.75, 3.05) is 7.11 Å². The molecule has 14 heavy (non-hydrogen) atoms. The summed E-state index contributed by atoms with van der Waals surface area (Å²) in [7, 11) is 1.62. The van der Waals surface area contributed by atoms with Crippen molar-refractivity contribution in [3.05, 3.63) is 31.7 Å². The van der Waals surface area contributed by atoms with Gasteiger partial charge in [0.2, 0.25) is 0 Å². The molecular weight excluding hydrogens is 406 g/mol. The van der Waals surface area contributed by atoms with Crippen LogP contribution in [0.4, 0.5) is 0 Å². The summed E-state index contributed by atoms with van der Waals surface area (Å²) in [4.78, 5) is 4.34. The molecule has 0 saturated carbocycles. The second-order valence-electron chi connectivity index (χ2n) is 2.61. The van der Waals surface area contributed by atoms with Crippen LogP contribution in [0.25, 0.3) is 0 Å². The maximum absolute atomic E-state index is 5.84. The van der Waals surface area contributed by atoms with Crippen LogP contribution in [0.15, 0.2) is 18.7 Å². The molecule has 1 aromatic rings. The van der Waals surface area contributed by atoms with Crippen molar-refractivity contribution in [2.45, 2.75) is 6.04 Å². The third-order valence-corrected chi connectivity index (χ3v) is 3.05. The molecule has 0 amide bonds. The zero-order valence-electron chi connectivity index (χ0n) is 7.63. The van der Waals surface area contributed by atoms with Crippen molar-refractivity contribution >= 4 is 45.2 Å². The summed E-state index contributed by atoms with van der Waals surface area (Å²) in [5.41, 5.74) is 6.58. The van der Waals surface area contributed by atoms with Gasteiger partial charge in [0.15, 0.2) is 5.75 Å². The first-order valence-electron chi connectivity index (χ1n) is 3.88. The minimum Gasteiger partial charge on any atom is -0.494 e. The fourth-order valence-corrected chi connectivity index (χ4v) is 2.99. The zero-order chi connectivity index (χ0) is 10.7. The molecule has 1 aromatic heterocycles. The third-order valence-electron chi connectivity index (χ3n) is 1.70. The molecule has 0 unspecified atom stereocenters. The Balaban J connectivity index is 3.31. The van der Waals surface area contributed by atoms with Gasteiger partial charge in [-0.05, 0) is 51.2 Å². The molecule has 0 aliphatic rings. The van der Waals surface area contributed by atoms with E-state index < -0.39 is 0 Å². The molecule has 2 N–H and O–H groups in total. The predicted octanol–water partition coefficient (Wildman–Crippen LogP) is 2.49. The standard InChI is InChI=1S/C9H10I2N2O/c1-3-6(12)8-9(14-2)5(10)4-7(11)13-8/h3-4,6H,1,12H2,2H3/t6-/m0/s1. The fourth-order valence-electron chi connectivity index (χ4n) is 1.03. The van der Waals surface area contributed by atoms with Crippen LogP contribution in [0.1, 0.15) is 11.7 Å². The first-order chi connectivity index (χ1) is 6.60. The van der Waals surface area contributed by atoms with Crippen LogP contribution in [0.3, 0.4) is 0 Å². The van der Waals surface area contributed by atoms with Gasteiger partial charge < -0.3 is 10.5 Å². The van der Waals surface area contributed by atoms with E-state index in [1.54, 1.807) is 13.2 Å². The monoisotopic (exact) mass is 416 g/mol. The van der Waals surface area contributed by atoms with Crippen molar-refractivity contribution in [2.24, 2.45) is 5.73 Å². The van der Waals surface area contributed by atoms with Crippen LogP contribution in [0, 0.1) is 7.27 Å². The number of nitrogens with zero attached hydrogens (tertiary/aromatic N) is 1. The summed E-state index contributed by atoms with van der Waals surface area (Å²) >= 11 is 4.35. The molecule has 0 spiro atoms. The van der Waals surface area contributed by atoms with Gasteiger partial charge in [-0.25, -0.2) is 4.98 Å². The van der Waals surface area contributed by atoms with Crippen molar-refractivity contribution in [3.63, 3.8) is 0 Å². The van der Waals surface area contributed by atoms with Crippen LogP contribution in [-0.4, -0.2) is 12.1 Å². The van der Waals surface area contributed by atoms with E-state index in [9.17, 15) is 0 Å². The molecule has 0 bridgehead atoms. The summed E-state index contributed by atoms with van der Waals surface area (Å²) in [6.07, 6.45) is 1.65.